The summed E-state index contributed by atoms with van der Waals surface area (Å²) in [5.74, 6) is -1.27. The first kappa shape index (κ1) is 13.5. The molecule has 0 aromatic carbocycles. The van der Waals surface area contributed by atoms with Gasteiger partial charge in [0, 0.05) is 19.2 Å². The molecule has 0 aliphatic carbocycles. The molecule has 0 bridgehead atoms. The first-order valence-corrected chi connectivity index (χ1v) is 6.22. The lowest BCUT2D eigenvalue weighted by Gasteiger charge is -2.20. The third-order valence-corrected chi connectivity index (χ3v) is 3.80. The van der Waals surface area contributed by atoms with Crippen molar-refractivity contribution in [2.45, 2.75) is 19.9 Å². The van der Waals surface area contributed by atoms with Gasteiger partial charge in [-0.15, -0.1) is 0 Å². The van der Waals surface area contributed by atoms with Crippen LogP contribution in [-0.4, -0.2) is 47.1 Å². The number of anilines is 1. The smallest absolute Gasteiger partial charge is 0.353 e. The number of aromatic amines is 1. The number of rotatable bonds is 5. The number of aromatic carboxylic acids is 1. The molecule has 0 saturated carbocycles. The summed E-state index contributed by atoms with van der Waals surface area (Å²) in [6, 6.07) is 0.888. The van der Waals surface area contributed by atoms with Gasteiger partial charge in [-0.2, -0.15) is 17.8 Å². The van der Waals surface area contributed by atoms with Gasteiger partial charge >= 0.3 is 16.2 Å². The highest BCUT2D eigenvalue weighted by Crippen LogP contribution is 2.11. The van der Waals surface area contributed by atoms with Crippen LogP contribution in [0, 0.1) is 0 Å². The molecule has 3 N–H and O–H groups in total. The molecule has 1 aromatic heterocycles. The van der Waals surface area contributed by atoms with E-state index in [1.807, 2.05) is 0 Å². The number of hydrogen-bond donors (Lipinski definition) is 3. The second-order valence-electron chi connectivity index (χ2n) is 3.69. The van der Waals surface area contributed by atoms with Crippen LogP contribution in [0.2, 0.25) is 0 Å². The minimum atomic E-state index is -3.72. The van der Waals surface area contributed by atoms with Gasteiger partial charge in [-0.1, -0.05) is 0 Å². The standard InChI is InChI=1S/C8H14N4O4S/c1-5(2)12(3)17(15,16)11-7-4-6(8(13)14)9-10-7/h4-5H,1-3H3,(H,13,14)(H2,9,10,11). The van der Waals surface area contributed by atoms with Crippen LogP contribution < -0.4 is 4.72 Å². The summed E-state index contributed by atoms with van der Waals surface area (Å²) in [4.78, 5) is 10.6. The summed E-state index contributed by atoms with van der Waals surface area (Å²) in [7, 11) is -2.30. The molecule has 1 heterocycles. The molecule has 0 saturated heterocycles. The molecule has 0 aliphatic heterocycles. The van der Waals surface area contributed by atoms with Crippen LogP contribution >= 0.6 is 0 Å². The lowest BCUT2D eigenvalue weighted by atomic mass is 10.4. The molecule has 0 radical (unpaired) electrons. The van der Waals surface area contributed by atoms with Crippen LogP contribution in [0.25, 0.3) is 0 Å². The molecule has 0 fully saturated rings. The predicted octanol–water partition coefficient (Wildman–Crippen LogP) is 0.105. The lowest BCUT2D eigenvalue weighted by molar-refractivity contribution is 0.0690. The number of carboxylic acid groups (broad SMARTS) is 1. The summed E-state index contributed by atoms with van der Waals surface area (Å²) >= 11 is 0. The van der Waals surface area contributed by atoms with E-state index in [9.17, 15) is 13.2 Å². The molecule has 1 aromatic rings. The first-order chi connectivity index (χ1) is 7.74. The van der Waals surface area contributed by atoms with E-state index in [2.05, 4.69) is 14.9 Å². The maximum atomic E-state index is 11.7. The first-order valence-electron chi connectivity index (χ1n) is 4.78. The second-order valence-corrected chi connectivity index (χ2v) is 5.42. The number of hydrogen-bond acceptors (Lipinski definition) is 4. The normalized spacial score (nSPS) is 12.1. The van der Waals surface area contributed by atoms with E-state index < -0.39 is 16.2 Å². The van der Waals surface area contributed by atoms with Crippen molar-refractivity contribution in [3.05, 3.63) is 11.8 Å². The SMILES string of the molecule is CC(C)N(C)S(=O)(=O)Nc1cc(C(=O)O)[nH]n1. The summed E-state index contributed by atoms with van der Waals surface area (Å²) in [5, 5.41) is 14.4. The third-order valence-electron chi connectivity index (χ3n) is 2.15. The Morgan fingerprint density at radius 2 is 2.18 bits per heavy atom. The second kappa shape index (κ2) is 4.72. The molecule has 1 rings (SSSR count). The largest absolute Gasteiger partial charge is 0.477 e. The zero-order chi connectivity index (χ0) is 13.2. The van der Waals surface area contributed by atoms with Crippen molar-refractivity contribution in [3.63, 3.8) is 0 Å². The predicted molar refractivity (Wildman–Crippen MR) is 61.0 cm³/mol. The zero-order valence-corrected chi connectivity index (χ0v) is 10.4. The molecule has 0 atom stereocenters. The highest BCUT2D eigenvalue weighted by atomic mass is 32.2. The number of carbonyl (C=O) groups is 1. The Bertz CT molecular complexity index is 507. The summed E-state index contributed by atoms with van der Waals surface area (Å²) in [6.45, 7) is 3.43. The number of nitrogens with zero attached hydrogens (tertiary/aromatic N) is 2. The Balaban J connectivity index is 2.87. The molecule has 0 unspecified atom stereocenters. The summed E-state index contributed by atoms with van der Waals surface area (Å²) in [5.41, 5.74) is -0.185. The highest BCUT2D eigenvalue weighted by molar-refractivity contribution is 7.90. The van der Waals surface area contributed by atoms with Gasteiger partial charge in [0.25, 0.3) is 0 Å². The maximum Gasteiger partial charge on any atom is 0.353 e. The summed E-state index contributed by atoms with van der Waals surface area (Å²) < 4.78 is 26.7. The fraction of sp³-hybridized carbons (Fsp3) is 0.500. The van der Waals surface area contributed by atoms with E-state index in [0.717, 1.165) is 10.4 Å². The number of H-pyrrole nitrogens is 1. The highest BCUT2D eigenvalue weighted by Gasteiger charge is 2.21. The van der Waals surface area contributed by atoms with E-state index in [-0.39, 0.29) is 17.6 Å². The van der Waals surface area contributed by atoms with Crippen LogP contribution in [0.3, 0.4) is 0 Å². The van der Waals surface area contributed by atoms with E-state index in [0.29, 0.717) is 0 Å². The number of nitrogens with one attached hydrogen (secondary N) is 2. The molecular weight excluding hydrogens is 248 g/mol. The van der Waals surface area contributed by atoms with Gasteiger partial charge in [0.15, 0.2) is 5.82 Å². The lowest BCUT2D eigenvalue weighted by Crippen LogP contribution is -2.37. The molecule has 0 spiro atoms. The topological polar surface area (TPSA) is 115 Å². The van der Waals surface area contributed by atoms with Crippen LogP contribution in [0.15, 0.2) is 6.07 Å². The Hall–Kier alpha value is -1.61. The van der Waals surface area contributed by atoms with E-state index in [1.54, 1.807) is 13.8 Å². The van der Waals surface area contributed by atoms with E-state index >= 15 is 0 Å². The number of carboxylic acids is 1. The van der Waals surface area contributed by atoms with Gasteiger partial charge < -0.3 is 5.11 Å². The van der Waals surface area contributed by atoms with Gasteiger partial charge in [-0.3, -0.25) is 9.82 Å². The van der Waals surface area contributed by atoms with Gasteiger partial charge in [0.05, 0.1) is 0 Å². The van der Waals surface area contributed by atoms with Crippen molar-refractivity contribution in [3.8, 4) is 0 Å². The van der Waals surface area contributed by atoms with Crippen molar-refractivity contribution in [1.29, 1.82) is 0 Å². The molecule has 0 aliphatic rings. The monoisotopic (exact) mass is 262 g/mol. The van der Waals surface area contributed by atoms with Crippen LogP contribution in [0.1, 0.15) is 24.3 Å². The molecule has 17 heavy (non-hydrogen) atoms. The van der Waals surface area contributed by atoms with E-state index in [1.165, 1.54) is 7.05 Å². The molecule has 0 amide bonds. The molecule has 96 valence electrons. The van der Waals surface area contributed by atoms with Crippen molar-refractivity contribution < 1.29 is 18.3 Å². The van der Waals surface area contributed by atoms with Crippen molar-refractivity contribution in [2.75, 3.05) is 11.8 Å². The fourth-order valence-electron chi connectivity index (χ4n) is 0.965. The van der Waals surface area contributed by atoms with Crippen LogP contribution in [-0.2, 0) is 10.2 Å². The Morgan fingerprint density at radius 1 is 1.59 bits per heavy atom. The van der Waals surface area contributed by atoms with Gasteiger partial charge in [0.2, 0.25) is 0 Å². The average molecular weight is 262 g/mol. The molecular formula is C8H14N4O4S. The third kappa shape index (κ3) is 3.17. The van der Waals surface area contributed by atoms with Crippen molar-refractivity contribution in [1.82, 2.24) is 14.5 Å². The van der Waals surface area contributed by atoms with Gasteiger partial charge in [0.1, 0.15) is 5.69 Å². The molecule has 8 nitrogen and oxygen atoms in total. The van der Waals surface area contributed by atoms with Gasteiger partial charge in [-0.05, 0) is 13.8 Å². The zero-order valence-electron chi connectivity index (χ0n) is 9.63. The van der Waals surface area contributed by atoms with E-state index in [4.69, 9.17) is 5.11 Å². The molecule has 9 heteroatoms. The van der Waals surface area contributed by atoms with Crippen LogP contribution in [0.4, 0.5) is 5.82 Å². The Labute approximate surface area is 98.8 Å². The Morgan fingerprint density at radius 3 is 2.59 bits per heavy atom. The minimum Gasteiger partial charge on any atom is -0.477 e. The fourth-order valence-corrected chi connectivity index (χ4v) is 2.03. The van der Waals surface area contributed by atoms with Crippen molar-refractivity contribution >= 4 is 22.0 Å². The maximum absolute atomic E-state index is 11.7. The van der Waals surface area contributed by atoms with Gasteiger partial charge in [-0.25, -0.2) is 4.79 Å². The quantitative estimate of drug-likeness (QED) is 0.696. The minimum absolute atomic E-state index is 0.0603. The average Bonchev–Trinajstić information content (AvgIpc) is 2.64. The van der Waals surface area contributed by atoms with Crippen LogP contribution in [0.5, 0.6) is 0 Å². The number of aromatic nitrogens is 2. The van der Waals surface area contributed by atoms with Crippen molar-refractivity contribution in [2.24, 2.45) is 0 Å². The summed E-state index contributed by atoms with van der Waals surface area (Å²) in [6.07, 6.45) is 0. The Kier molecular flexibility index (Phi) is 3.73.